The van der Waals surface area contributed by atoms with Crippen LogP contribution in [0.15, 0.2) is 0 Å². The van der Waals surface area contributed by atoms with Gasteiger partial charge in [-0.25, -0.2) is 0 Å². The van der Waals surface area contributed by atoms with E-state index in [9.17, 15) is 0 Å². The van der Waals surface area contributed by atoms with Crippen LogP contribution in [0.4, 0.5) is 0 Å². The SMILES string of the molecule is COC[C@@]12COC([C@H](C)O1)[C@H]2OC. The summed E-state index contributed by atoms with van der Waals surface area (Å²) in [6, 6.07) is 0. The molecule has 0 aliphatic carbocycles. The molecule has 76 valence electrons. The van der Waals surface area contributed by atoms with Gasteiger partial charge in [0.1, 0.15) is 17.8 Å². The minimum Gasteiger partial charge on any atom is -0.381 e. The lowest BCUT2D eigenvalue weighted by Crippen LogP contribution is -2.45. The molecule has 2 aliphatic heterocycles. The molecule has 1 unspecified atom stereocenters. The van der Waals surface area contributed by atoms with Gasteiger partial charge in [0.05, 0.1) is 19.3 Å². The highest BCUT2D eigenvalue weighted by molar-refractivity contribution is 5.07. The minimum absolute atomic E-state index is 0.0162. The topological polar surface area (TPSA) is 36.9 Å². The first-order valence-electron chi connectivity index (χ1n) is 4.54. The summed E-state index contributed by atoms with van der Waals surface area (Å²) in [7, 11) is 3.36. The van der Waals surface area contributed by atoms with Gasteiger partial charge in [0.15, 0.2) is 0 Å². The Bertz CT molecular complexity index is 196. The molecule has 4 heteroatoms. The molecule has 2 saturated heterocycles. The van der Waals surface area contributed by atoms with E-state index >= 15 is 0 Å². The van der Waals surface area contributed by atoms with E-state index in [1.54, 1.807) is 14.2 Å². The Labute approximate surface area is 78.1 Å². The van der Waals surface area contributed by atoms with E-state index in [0.717, 1.165) is 0 Å². The zero-order valence-corrected chi connectivity index (χ0v) is 8.28. The standard InChI is InChI=1S/C9H16O4/c1-6-7-8(11-3)9(13-6,4-10-2)5-12-7/h6-8H,4-5H2,1-3H3/t6-,7?,8+,9-/m0/s1. The predicted molar refractivity (Wildman–Crippen MR) is 45.7 cm³/mol. The van der Waals surface area contributed by atoms with Crippen molar-refractivity contribution in [2.45, 2.75) is 30.8 Å². The maximum absolute atomic E-state index is 5.82. The summed E-state index contributed by atoms with van der Waals surface area (Å²) >= 11 is 0. The van der Waals surface area contributed by atoms with Gasteiger partial charge in [-0.3, -0.25) is 0 Å². The zero-order valence-electron chi connectivity index (χ0n) is 8.28. The van der Waals surface area contributed by atoms with Gasteiger partial charge in [0, 0.05) is 14.2 Å². The molecule has 0 aromatic heterocycles. The fraction of sp³-hybridized carbons (Fsp3) is 1.00. The van der Waals surface area contributed by atoms with Crippen molar-refractivity contribution < 1.29 is 18.9 Å². The van der Waals surface area contributed by atoms with Crippen LogP contribution in [-0.2, 0) is 18.9 Å². The lowest BCUT2D eigenvalue weighted by atomic mass is 10.00. The fourth-order valence-corrected chi connectivity index (χ4v) is 2.38. The lowest BCUT2D eigenvalue weighted by molar-refractivity contribution is -0.161. The molecule has 0 radical (unpaired) electrons. The summed E-state index contributed by atoms with van der Waals surface area (Å²) in [5, 5.41) is 0. The Morgan fingerprint density at radius 3 is 2.77 bits per heavy atom. The molecule has 4 nitrogen and oxygen atoms in total. The number of hydrogen-bond donors (Lipinski definition) is 0. The van der Waals surface area contributed by atoms with Crippen molar-refractivity contribution in [1.29, 1.82) is 0 Å². The lowest BCUT2D eigenvalue weighted by Gasteiger charge is -2.29. The van der Waals surface area contributed by atoms with Gasteiger partial charge in [0.25, 0.3) is 0 Å². The van der Waals surface area contributed by atoms with Gasteiger partial charge in [0.2, 0.25) is 0 Å². The van der Waals surface area contributed by atoms with Crippen molar-refractivity contribution in [3.05, 3.63) is 0 Å². The van der Waals surface area contributed by atoms with Crippen LogP contribution < -0.4 is 0 Å². The number of hydrogen-bond acceptors (Lipinski definition) is 4. The first kappa shape index (κ1) is 9.40. The molecule has 0 aromatic rings. The summed E-state index contributed by atoms with van der Waals surface area (Å²) < 4.78 is 21.9. The monoisotopic (exact) mass is 188 g/mol. The van der Waals surface area contributed by atoms with Gasteiger partial charge < -0.3 is 18.9 Å². The van der Waals surface area contributed by atoms with Crippen LogP contribution in [0, 0.1) is 0 Å². The van der Waals surface area contributed by atoms with Gasteiger partial charge in [-0.15, -0.1) is 0 Å². The van der Waals surface area contributed by atoms with Crippen molar-refractivity contribution in [2.24, 2.45) is 0 Å². The molecule has 0 aromatic carbocycles. The molecular formula is C9H16O4. The largest absolute Gasteiger partial charge is 0.381 e. The van der Waals surface area contributed by atoms with Crippen LogP contribution in [0.3, 0.4) is 0 Å². The second-order valence-corrected chi connectivity index (χ2v) is 3.75. The number of fused-ring (bicyclic) bond motifs is 2. The van der Waals surface area contributed by atoms with Crippen molar-refractivity contribution in [3.8, 4) is 0 Å². The Balaban J connectivity index is 2.17. The molecule has 4 atom stereocenters. The van der Waals surface area contributed by atoms with E-state index < -0.39 is 0 Å². The molecule has 13 heavy (non-hydrogen) atoms. The van der Waals surface area contributed by atoms with E-state index in [1.807, 2.05) is 6.92 Å². The highest BCUT2D eigenvalue weighted by Gasteiger charge is 2.60. The van der Waals surface area contributed by atoms with E-state index in [0.29, 0.717) is 13.2 Å². The summed E-state index contributed by atoms with van der Waals surface area (Å²) in [6.45, 7) is 3.12. The Kier molecular flexibility index (Phi) is 2.32. The van der Waals surface area contributed by atoms with Crippen molar-refractivity contribution >= 4 is 0 Å². The van der Waals surface area contributed by atoms with Gasteiger partial charge in [-0.1, -0.05) is 0 Å². The quantitative estimate of drug-likeness (QED) is 0.634. The molecule has 2 aliphatic rings. The average molecular weight is 188 g/mol. The third kappa shape index (κ3) is 1.21. The van der Waals surface area contributed by atoms with Crippen molar-refractivity contribution in [2.75, 3.05) is 27.4 Å². The molecule has 2 fully saturated rings. The van der Waals surface area contributed by atoms with Crippen LogP contribution in [0.2, 0.25) is 0 Å². The number of ether oxygens (including phenoxy) is 4. The molecule has 2 heterocycles. The van der Waals surface area contributed by atoms with Crippen LogP contribution in [-0.4, -0.2) is 51.3 Å². The minimum atomic E-state index is -0.367. The van der Waals surface area contributed by atoms with Gasteiger partial charge >= 0.3 is 0 Å². The third-order valence-corrected chi connectivity index (χ3v) is 2.86. The van der Waals surface area contributed by atoms with Gasteiger partial charge in [-0.05, 0) is 6.92 Å². The second-order valence-electron chi connectivity index (χ2n) is 3.75. The normalized spacial score (nSPS) is 48.7. The Morgan fingerprint density at radius 1 is 1.46 bits per heavy atom. The van der Waals surface area contributed by atoms with E-state index in [-0.39, 0.29) is 23.9 Å². The van der Waals surface area contributed by atoms with E-state index in [2.05, 4.69) is 0 Å². The molecule has 0 N–H and O–H groups in total. The van der Waals surface area contributed by atoms with Crippen LogP contribution in [0.25, 0.3) is 0 Å². The van der Waals surface area contributed by atoms with E-state index in [4.69, 9.17) is 18.9 Å². The van der Waals surface area contributed by atoms with Crippen LogP contribution >= 0.6 is 0 Å². The molecule has 0 saturated carbocycles. The summed E-state index contributed by atoms with van der Waals surface area (Å²) in [6.07, 6.45) is 0.191. The predicted octanol–water partition coefficient (Wildman–Crippen LogP) is 0.204. The second kappa shape index (κ2) is 3.20. The van der Waals surface area contributed by atoms with Crippen molar-refractivity contribution in [3.63, 3.8) is 0 Å². The third-order valence-electron chi connectivity index (χ3n) is 2.86. The Hall–Kier alpha value is -0.160. The zero-order chi connectivity index (χ0) is 9.47. The number of methoxy groups -OCH3 is 2. The maximum atomic E-state index is 5.82. The van der Waals surface area contributed by atoms with Crippen LogP contribution in [0.1, 0.15) is 6.92 Å². The van der Waals surface area contributed by atoms with Gasteiger partial charge in [-0.2, -0.15) is 0 Å². The van der Waals surface area contributed by atoms with E-state index in [1.165, 1.54) is 0 Å². The first-order valence-corrected chi connectivity index (χ1v) is 4.54. The highest BCUT2D eigenvalue weighted by Crippen LogP contribution is 2.41. The van der Waals surface area contributed by atoms with Crippen LogP contribution in [0.5, 0.6) is 0 Å². The smallest absolute Gasteiger partial charge is 0.144 e. The van der Waals surface area contributed by atoms with Crippen molar-refractivity contribution in [1.82, 2.24) is 0 Å². The highest BCUT2D eigenvalue weighted by atomic mass is 16.7. The molecule has 0 spiro atoms. The fourth-order valence-electron chi connectivity index (χ4n) is 2.38. The first-order chi connectivity index (χ1) is 6.23. The summed E-state index contributed by atoms with van der Waals surface area (Å²) in [5.41, 5.74) is -0.367. The molecule has 2 rings (SSSR count). The molecule has 0 amide bonds. The summed E-state index contributed by atoms with van der Waals surface area (Å²) in [5.74, 6) is 0. The number of rotatable bonds is 3. The average Bonchev–Trinajstić information content (AvgIpc) is 2.55. The maximum Gasteiger partial charge on any atom is 0.144 e. The summed E-state index contributed by atoms with van der Waals surface area (Å²) in [4.78, 5) is 0. The molecular weight excluding hydrogens is 172 g/mol. The Morgan fingerprint density at radius 2 is 2.23 bits per heavy atom. The molecule has 2 bridgehead atoms.